The fourth-order valence-electron chi connectivity index (χ4n) is 6.14. The molecule has 6 rings (SSSR count). The number of rotatable bonds is 6. The first-order chi connectivity index (χ1) is 20.5. The molecule has 0 aliphatic carbocycles. The summed E-state index contributed by atoms with van der Waals surface area (Å²) in [5, 5.41) is 8.61. The largest absolute Gasteiger partial charge is 0.370 e. The maximum absolute atomic E-state index is 17.0. The minimum absolute atomic E-state index is 0.0939. The van der Waals surface area contributed by atoms with Crippen LogP contribution in [0.15, 0.2) is 35.4 Å². The topological polar surface area (TPSA) is 93.9 Å². The Bertz CT molecular complexity index is 1750. The molecule has 2 aromatic heterocycles. The van der Waals surface area contributed by atoms with Crippen LogP contribution in [-0.2, 0) is 4.79 Å². The van der Waals surface area contributed by atoms with E-state index in [1.807, 2.05) is 51.9 Å². The number of aromatic nitrogens is 3. The van der Waals surface area contributed by atoms with Gasteiger partial charge in [0.1, 0.15) is 11.3 Å². The molecule has 2 aromatic carbocycles. The van der Waals surface area contributed by atoms with E-state index in [-0.39, 0.29) is 34.1 Å². The summed E-state index contributed by atoms with van der Waals surface area (Å²) in [4.78, 5) is 30.5. The number of hydrogen-bond acceptors (Lipinski definition) is 9. The van der Waals surface area contributed by atoms with E-state index >= 15 is 4.39 Å². The van der Waals surface area contributed by atoms with Crippen LogP contribution in [0.25, 0.3) is 33.0 Å². The first-order valence-electron chi connectivity index (χ1n) is 14.4. The first-order valence-corrected chi connectivity index (χ1v) is 14.8. The van der Waals surface area contributed by atoms with Gasteiger partial charge in [-0.25, -0.2) is 9.37 Å². The van der Waals surface area contributed by atoms with Gasteiger partial charge in [0.25, 0.3) is 0 Å². The van der Waals surface area contributed by atoms with Crippen molar-refractivity contribution >= 4 is 57.0 Å². The van der Waals surface area contributed by atoms with E-state index in [1.54, 1.807) is 13.1 Å². The van der Waals surface area contributed by atoms with Crippen LogP contribution in [-0.4, -0.2) is 96.3 Å². The predicted octanol–water partition coefficient (Wildman–Crippen LogP) is 4.94. The highest BCUT2D eigenvalue weighted by atomic mass is 35.5. The normalized spacial score (nSPS) is 19.4. The Morgan fingerprint density at radius 2 is 1.88 bits per heavy atom. The lowest BCUT2D eigenvalue weighted by atomic mass is 9.96. The summed E-state index contributed by atoms with van der Waals surface area (Å²) in [6.07, 6.45) is 1.34. The molecule has 12 heteroatoms. The van der Waals surface area contributed by atoms with Crippen molar-refractivity contribution in [3.05, 3.63) is 47.3 Å². The van der Waals surface area contributed by atoms with Crippen LogP contribution in [0.4, 0.5) is 22.0 Å². The summed E-state index contributed by atoms with van der Waals surface area (Å²) >= 11 is 6.94. The second-order valence-corrected chi connectivity index (χ2v) is 12.2. The van der Waals surface area contributed by atoms with Crippen LogP contribution in [0, 0.1) is 12.7 Å². The van der Waals surface area contributed by atoms with Gasteiger partial charge < -0.3 is 29.4 Å². The zero-order chi connectivity index (χ0) is 30.7. The van der Waals surface area contributed by atoms with Crippen molar-refractivity contribution in [1.29, 1.82) is 0 Å². The summed E-state index contributed by atoms with van der Waals surface area (Å²) in [6, 6.07) is 5.70. The molecule has 0 radical (unpaired) electrons. The van der Waals surface area contributed by atoms with Crippen molar-refractivity contribution in [1.82, 2.24) is 24.9 Å². The third kappa shape index (κ3) is 4.75. The van der Waals surface area contributed by atoms with E-state index in [4.69, 9.17) is 26.1 Å². The molecule has 1 N–H and O–H groups in total. The highest BCUT2D eigenvalue weighted by Gasteiger charge is 2.36. The molecule has 0 spiro atoms. The summed E-state index contributed by atoms with van der Waals surface area (Å²) in [6.45, 7) is 12.0. The van der Waals surface area contributed by atoms with Crippen molar-refractivity contribution < 1.29 is 13.7 Å². The Balaban J connectivity index is 1.55. The van der Waals surface area contributed by atoms with Crippen molar-refractivity contribution in [2.45, 2.75) is 38.9 Å². The molecule has 10 nitrogen and oxygen atoms in total. The number of halogens is 2. The Hall–Kier alpha value is -3.96. The van der Waals surface area contributed by atoms with E-state index in [1.165, 1.54) is 6.08 Å². The van der Waals surface area contributed by atoms with Gasteiger partial charge in [-0.1, -0.05) is 29.4 Å². The molecule has 2 atom stereocenters. The van der Waals surface area contributed by atoms with Crippen LogP contribution in [0.2, 0.25) is 5.02 Å². The Morgan fingerprint density at radius 3 is 2.56 bits per heavy atom. The van der Waals surface area contributed by atoms with Crippen molar-refractivity contribution in [2.24, 2.45) is 0 Å². The SMILES string of the molecule is C=CC(=O)N1C[C@H](C)N(c2nc(N3CC(N(C)C)C3)nc3c(F)c(-c4c(C)ccc5c(NC)noc45)c(Cl)cc23)C[C@H]1C. The number of fused-ring (bicyclic) bond motifs is 2. The van der Waals surface area contributed by atoms with Gasteiger partial charge >= 0.3 is 0 Å². The van der Waals surface area contributed by atoms with Crippen molar-refractivity contribution in [3.8, 4) is 11.1 Å². The minimum Gasteiger partial charge on any atom is -0.370 e. The molecule has 2 fully saturated rings. The number of amides is 1. The van der Waals surface area contributed by atoms with Gasteiger partial charge in [-0.15, -0.1) is 0 Å². The Kier molecular flexibility index (Phi) is 7.42. The molecular formula is C31H36ClFN8O2. The second-order valence-electron chi connectivity index (χ2n) is 11.8. The highest BCUT2D eigenvalue weighted by molar-refractivity contribution is 6.35. The lowest BCUT2D eigenvalue weighted by Crippen LogP contribution is -2.59. The van der Waals surface area contributed by atoms with E-state index in [0.717, 1.165) is 24.0 Å². The summed E-state index contributed by atoms with van der Waals surface area (Å²) in [5.74, 6) is 0.962. The van der Waals surface area contributed by atoms with Gasteiger partial charge in [0, 0.05) is 67.9 Å². The molecule has 1 amide bonds. The van der Waals surface area contributed by atoms with E-state index < -0.39 is 5.82 Å². The van der Waals surface area contributed by atoms with Crippen LogP contribution >= 0.6 is 11.6 Å². The number of aryl methyl sites for hydroxylation is 1. The van der Waals surface area contributed by atoms with Gasteiger partial charge in [-0.05, 0) is 58.6 Å². The summed E-state index contributed by atoms with van der Waals surface area (Å²) < 4.78 is 22.7. The molecule has 0 saturated carbocycles. The van der Waals surface area contributed by atoms with Gasteiger partial charge in [0.05, 0.1) is 10.4 Å². The molecule has 4 aromatic rings. The number of piperazine rings is 1. The molecule has 2 aliphatic rings. The molecule has 226 valence electrons. The highest BCUT2D eigenvalue weighted by Crippen LogP contribution is 2.44. The number of likely N-dealkylation sites (N-methyl/N-ethyl adjacent to an activating group) is 1. The number of benzene rings is 2. The van der Waals surface area contributed by atoms with Gasteiger partial charge in [-0.3, -0.25) is 4.79 Å². The van der Waals surface area contributed by atoms with Gasteiger partial charge in [0.2, 0.25) is 11.9 Å². The monoisotopic (exact) mass is 606 g/mol. The van der Waals surface area contributed by atoms with E-state index in [9.17, 15) is 4.79 Å². The summed E-state index contributed by atoms with van der Waals surface area (Å²) in [7, 11) is 5.84. The smallest absolute Gasteiger partial charge is 0.246 e. The summed E-state index contributed by atoms with van der Waals surface area (Å²) in [5.41, 5.74) is 2.17. The fraction of sp³-hybridized carbons (Fsp3) is 0.419. The number of carbonyl (C=O) groups excluding carboxylic acids is 1. The third-order valence-electron chi connectivity index (χ3n) is 8.78. The average molecular weight is 607 g/mol. The molecule has 0 bridgehead atoms. The van der Waals surface area contributed by atoms with E-state index in [0.29, 0.717) is 53.2 Å². The van der Waals surface area contributed by atoms with Gasteiger partial charge in [-0.2, -0.15) is 4.98 Å². The molecule has 2 aliphatic heterocycles. The number of anilines is 3. The van der Waals surface area contributed by atoms with Crippen molar-refractivity contribution in [3.63, 3.8) is 0 Å². The number of nitrogens with zero attached hydrogens (tertiary/aromatic N) is 7. The minimum atomic E-state index is -0.545. The molecule has 0 unspecified atom stereocenters. The third-order valence-corrected chi connectivity index (χ3v) is 9.08. The number of carbonyl (C=O) groups is 1. The predicted molar refractivity (Wildman–Crippen MR) is 170 cm³/mol. The standard InChI is InChI=1S/C31H36ClFN8O2/c1-8-23(42)40-12-18(4)41(13-17(40)3)30-21-11-22(32)25(24-16(2)9-10-20-28(24)43-37-29(20)34-5)26(33)27(21)35-31(36-30)39-14-19(15-39)38(6)7/h8-11,17-19H,1,12-15H2,2-7H3,(H,34,37)/t17-,18+/m1/s1. The Morgan fingerprint density at radius 1 is 1.14 bits per heavy atom. The molecule has 4 heterocycles. The fourth-order valence-corrected chi connectivity index (χ4v) is 6.43. The first kappa shape index (κ1) is 29.1. The molecule has 43 heavy (non-hydrogen) atoms. The van der Waals surface area contributed by atoms with Crippen LogP contribution < -0.4 is 15.1 Å². The van der Waals surface area contributed by atoms with Crippen LogP contribution in [0.5, 0.6) is 0 Å². The second kappa shape index (κ2) is 10.9. The maximum atomic E-state index is 17.0. The number of nitrogens with one attached hydrogen (secondary N) is 1. The quantitative estimate of drug-likeness (QED) is 0.306. The van der Waals surface area contributed by atoms with E-state index in [2.05, 4.69) is 31.8 Å². The van der Waals surface area contributed by atoms with Crippen molar-refractivity contribution in [2.75, 3.05) is 62.4 Å². The maximum Gasteiger partial charge on any atom is 0.246 e. The molecule has 2 saturated heterocycles. The Labute approximate surface area is 255 Å². The average Bonchev–Trinajstić information content (AvgIpc) is 3.37. The number of hydrogen-bond donors (Lipinski definition) is 1. The lowest BCUT2D eigenvalue weighted by molar-refractivity contribution is -0.128. The zero-order valence-corrected chi connectivity index (χ0v) is 26.0. The van der Waals surface area contributed by atoms with Crippen LogP contribution in [0.1, 0.15) is 19.4 Å². The zero-order valence-electron chi connectivity index (χ0n) is 25.3. The molecular weight excluding hydrogens is 571 g/mol. The van der Waals surface area contributed by atoms with Gasteiger partial charge in [0.15, 0.2) is 17.2 Å². The van der Waals surface area contributed by atoms with Crippen LogP contribution in [0.3, 0.4) is 0 Å². The lowest BCUT2D eigenvalue weighted by Gasteiger charge is -2.45.